The summed E-state index contributed by atoms with van der Waals surface area (Å²) >= 11 is 0. The van der Waals surface area contributed by atoms with Gasteiger partial charge in [0.15, 0.2) is 0 Å². The van der Waals surface area contributed by atoms with Crippen LogP contribution in [0.5, 0.6) is 0 Å². The molecular weight excluding hydrogens is 360 g/mol. The Hall–Kier alpha value is -3.35. The Kier molecular flexibility index (Phi) is 5.63. The van der Waals surface area contributed by atoms with Gasteiger partial charge in [0.1, 0.15) is 17.1 Å². The van der Waals surface area contributed by atoms with Gasteiger partial charge in [-0.1, -0.05) is 12.1 Å². The number of carboxylic acids is 1. The number of anilines is 1. The summed E-state index contributed by atoms with van der Waals surface area (Å²) in [4.78, 5) is 38.4. The Bertz CT molecular complexity index is 927. The average Bonchev–Trinajstić information content (AvgIpc) is 3.25. The van der Waals surface area contributed by atoms with E-state index in [1.54, 1.807) is 24.9 Å². The van der Waals surface area contributed by atoms with Crippen LogP contribution in [0.25, 0.3) is 6.08 Å². The number of amides is 2. The first-order valence-electron chi connectivity index (χ1n) is 9.01. The number of carbonyl (C=O) groups excluding carboxylic acids is 2. The highest BCUT2D eigenvalue weighted by Gasteiger charge is 2.21. The lowest BCUT2D eigenvalue weighted by Gasteiger charge is -2.15. The van der Waals surface area contributed by atoms with Gasteiger partial charge in [-0.3, -0.25) is 9.59 Å². The van der Waals surface area contributed by atoms with Gasteiger partial charge in [0.2, 0.25) is 11.8 Å². The smallest absolute Gasteiger partial charge is 0.339 e. The lowest BCUT2D eigenvalue weighted by Crippen LogP contribution is -2.24. The molecule has 2 amide bonds. The van der Waals surface area contributed by atoms with E-state index in [1.807, 2.05) is 24.3 Å². The molecule has 1 aromatic carbocycles. The summed E-state index contributed by atoms with van der Waals surface area (Å²) in [6.07, 6.45) is 4.62. The van der Waals surface area contributed by atoms with Gasteiger partial charge in [0.05, 0.1) is 6.54 Å². The van der Waals surface area contributed by atoms with E-state index in [-0.39, 0.29) is 23.9 Å². The molecule has 0 unspecified atom stereocenters. The standard InChI is InChI=1S/C21H22N2O5/c1-14-18(21(26)27)12-17(28-14)13-22(2)19(24)10-7-15-5-8-16(9-6-15)23-11-3-4-20(23)25/h5-10,12H,3-4,11,13H2,1-2H3,(H,26,27). The van der Waals surface area contributed by atoms with Crippen LogP contribution in [0.3, 0.4) is 0 Å². The van der Waals surface area contributed by atoms with Crippen LogP contribution >= 0.6 is 0 Å². The SMILES string of the molecule is Cc1oc(CN(C)C(=O)C=Cc2ccc(N3CCCC3=O)cc2)cc1C(=O)O. The van der Waals surface area contributed by atoms with Gasteiger partial charge in [-0.2, -0.15) is 0 Å². The Balaban J connectivity index is 1.60. The molecule has 7 nitrogen and oxygen atoms in total. The normalized spacial score (nSPS) is 14.1. The van der Waals surface area contributed by atoms with Gasteiger partial charge in [0, 0.05) is 31.8 Å². The Labute approximate surface area is 162 Å². The van der Waals surface area contributed by atoms with Gasteiger partial charge < -0.3 is 19.3 Å². The van der Waals surface area contributed by atoms with Crippen molar-refractivity contribution in [3.05, 3.63) is 59.1 Å². The first kappa shape index (κ1) is 19.4. The summed E-state index contributed by atoms with van der Waals surface area (Å²) in [5.74, 6) is -0.418. The maximum atomic E-state index is 12.3. The molecule has 0 radical (unpaired) electrons. The Morgan fingerprint density at radius 3 is 2.57 bits per heavy atom. The largest absolute Gasteiger partial charge is 0.478 e. The van der Waals surface area contributed by atoms with E-state index in [2.05, 4.69) is 0 Å². The fourth-order valence-electron chi connectivity index (χ4n) is 3.13. The van der Waals surface area contributed by atoms with Crippen molar-refractivity contribution in [1.29, 1.82) is 0 Å². The van der Waals surface area contributed by atoms with Gasteiger partial charge in [-0.25, -0.2) is 4.79 Å². The van der Waals surface area contributed by atoms with Crippen molar-refractivity contribution in [3.63, 3.8) is 0 Å². The highest BCUT2D eigenvalue weighted by atomic mass is 16.4. The minimum absolute atomic E-state index is 0.1000. The molecule has 7 heteroatoms. The van der Waals surface area contributed by atoms with E-state index >= 15 is 0 Å². The van der Waals surface area contributed by atoms with Crippen LogP contribution in [0, 0.1) is 6.92 Å². The molecular formula is C21H22N2O5. The number of nitrogens with zero attached hydrogens (tertiary/aromatic N) is 2. The summed E-state index contributed by atoms with van der Waals surface area (Å²) < 4.78 is 5.40. The number of rotatable bonds is 6. The zero-order valence-electron chi connectivity index (χ0n) is 15.8. The molecule has 1 saturated heterocycles. The van der Waals surface area contributed by atoms with Crippen LogP contribution in [-0.4, -0.2) is 41.4 Å². The summed E-state index contributed by atoms with van der Waals surface area (Å²) in [5.41, 5.74) is 1.81. The van der Waals surface area contributed by atoms with E-state index in [1.165, 1.54) is 17.0 Å². The fraction of sp³-hybridized carbons (Fsp3) is 0.286. The maximum Gasteiger partial charge on any atom is 0.339 e. The molecule has 2 aromatic rings. The third kappa shape index (κ3) is 4.31. The second-order valence-electron chi connectivity index (χ2n) is 6.76. The highest BCUT2D eigenvalue weighted by molar-refractivity contribution is 5.95. The van der Waals surface area contributed by atoms with Crippen molar-refractivity contribution in [3.8, 4) is 0 Å². The quantitative estimate of drug-likeness (QED) is 0.775. The molecule has 146 valence electrons. The van der Waals surface area contributed by atoms with Gasteiger partial charge in [-0.15, -0.1) is 0 Å². The first-order valence-corrected chi connectivity index (χ1v) is 9.01. The summed E-state index contributed by atoms with van der Waals surface area (Å²) in [6, 6.07) is 8.90. The third-order valence-electron chi connectivity index (χ3n) is 4.66. The number of benzene rings is 1. The predicted octanol–water partition coefficient (Wildman–Crippen LogP) is 3.08. The molecule has 1 aliphatic rings. The van der Waals surface area contributed by atoms with Crippen molar-refractivity contribution in [2.24, 2.45) is 0 Å². The number of aromatic carboxylic acids is 1. The number of furan rings is 1. The van der Waals surface area contributed by atoms with Crippen LogP contribution in [0.2, 0.25) is 0 Å². The number of carboxylic acid groups (broad SMARTS) is 1. The summed E-state index contributed by atoms with van der Waals surface area (Å²) in [5, 5.41) is 9.06. The van der Waals surface area contributed by atoms with E-state index in [4.69, 9.17) is 9.52 Å². The number of hydrogen-bond donors (Lipinski definition) is 1. The molecule has 1 fully saturated rings. The first-order chi connectivity index (χ1) is 13.3. The van der Waals surface area contributed by atoms with Crippen LogP contribution in [0.15, 0.2) is 40.8 Å². The van der Waals surface area contributed by atoms with E-state index < -0.39 is 5.97 Å². The molecule has 2 heterocycles. The third-order valence-corrected chi connectivity index (χ3v) is 4.66. The zero-order valence-corrected chi connectivity index (χ0v) is 15.8. The number of likely N-dealkylation sites (N-methyl/N-ethyl adjacent to an activating group) is 1. The molecule has 28 heavy (non-hydrogen) atoms. The topological polar surface area (TPSA) is 91.1 Å². The summed E-state index contributed by atoms with van der Waals surface area (Å²) in [7, 11) is 1.62. The Morgan fingerprint density at radius 2 is 2.00 bits per heavy atom. The molecule has 0 atom stereocenters. The molecule has 0 aliphatic carbocycles. The molecule has 1 N–H and O–H groups in total. The van der Waals surface area contributed by atoms with Gasteiger partial charge >= 0.3 is 5.97 Å². The van der Waals surface area contributed by atoms with Crippen LogP contribution in [0.4, 0.5) is 5.69 Å². The molecule has 1 aromatic heterocycles. The fourth-order valence-corrected chi connectivity index (χ4v) is 3.13. The monoisotopic (exact) mass is 382 g/mol. The van der Waals surface area contributed by atoms with Gasteiger partial charge in [0.25, 0.3) is 0 Å². The maximum absolute atomic E-state index is 12.3. The lowest BCUT2D eigenvalue weighted by atomic mass is 10.2. The molecule has 1 aliphatic heterocycles. The van der Waals surface area contributed by atoms with E-state index in [0.29, 0.717) is 17.9 Å². The van der Waals surface area contributed by atoms with E-state index in [0.717, 1.165) is 24.2 Å². The van der Waals surface area contributed by atoms with Crippen LogP contribution in [0.1, 0.15) is 40.3 Å². The lowest BCUT2D eigenvalue weighted by molar-refractivity contribution is -0.125. The molecule has 0 saturated carbocycles. The van der Waals surface area contributed by atoms with Crippen molar-refractivity contribution < 1.29 is 23.9 Å². The van der Waals surface area contributed by atoms with Crippen molar-refractivity contribution >= 4 is 29.5 Å². The number of hydrogen-bond acceptors (Lipinski definition) is 4. The minimum Gasteiger partial charge on any atom is -0.478 e. The van der Waals surface area contributed by atoms with Crippen molar-refractivity contribution in [2.75, 3.05) is 18.5 Å². The minimum atomic E-state index is -1.06. The second-order valence-corrected chi connectivity index (χ2v) is 6.76. The van der Waals surface area contributed by atoms with Crippen molar-refractivity contribution in [2.45, 2.75) is 26.3 Å². The Morgan fingerprint density at radius 1 is 1.29 bits per heavy atom. The average molecular weight is 382 g/mol. The van der Waals surface area contributed by atoms with Crippen LogP contribution < -0.4 is 4.90 Å². The van der Waals surface area contributed by atoms with Crippen LogP contribution in [-0.2, 0) is 16.1 Å². The van der Waals surface area contributed by atoms with E-state index in [9.17, 15) is 14.4 Å². The van der Waals surface area contributed by atoms with Gasteiger partial charge in [-0.05, 0) is 43.2 Å². The zero-order chi connectivity index (χ0) is 20.3. The second kappa shape index (κ2) is 8.12. The number of aryl methyl sites for hydroxylation is 1. The molecule has 0 spiro atoms. The molecule has 3 rings (SSSR count). The number of carbonyl (C=O) groups is 3. The highest BCUT2D eigenvalue weighted by Crippen LogP contribution is 2.22. The summed E-state index contributed by atoms with van der Waals surface area (Å²) in [6.45, 7) is 2.49. The molecule has 0 bridgehead atoms. The predicted molar refractivity (Wildman–Crippen MR) is 104 cm³/mol. The van der Waals surface area contributed by atoms with Crippen molar-refractivity contribution in [1.82, 2.24) is 4.90 Å².